The number of nitrogens with zero attached hydrogens (tertiary/aromatic N) is 4. The number of rotatable bonds is 5. The maximum atomic E-state index is 14.2. The molecule has 8 nitrogen and oxygen atoms in total. The third-order valence-electron chi connectivity index (χ3n) is 3.54. The van der Waals surface area contributed by atoms with Gasteiger partial charge in [0.25, 0.3) is 5.91 Å². The number of hydrogen-bond acceptors (Lipinski definition) is 6. The van der Waals surface area contributed by atoms with Crippen molar-refractivity contribution in [1.29, 1.82) is 0 Å². The van der Waals surface area contributed by atoms with Gasteiger partial charge < -0.3 is 10.1 Å². The Balaban J connectivity index is 1.92. The predicted octanol–water partition coefficient (Wildman–Crippen LogP) is 2.51. The quantitative estimate of drug-likeness (QED) is 0.530. The lowest BCUT2D eigenvalue weighted by Gasteiger charge is -2.12. The topological polar surface area (TPSA) is 99.0 Å². The monoisotopic (exact) mass is 391 g/mol. The van der Waals surface area contributed by atoms with Crippen molar-refractivity contribution in [2.24, 2.45) is 0 Å². The Morgan fingerprint density at radius 2 is 1.96 bits per heavy atom. The van der Waals surface area contributed by atoms with Crippen molar-refractivity contribution in [1.82, 2.24) is 19.7 Å². The van der Waals surface area contributed by atoms with Crippen LogP contribution >= 0.6 is 0 Å². The molecule has 0 fully saturated rings. The van der Waals surface area contributed by atoms with Crippen LogP contribution in [0.4, 0.5) is 18.9 Å². The Hall–Kier alpha value is -3.76. The number of imidazole rings is 1. The molecule has 3 rings (SSSR count). The minimum absolute atomic E-state index is 0.133. The van der Waals surface area contributed by atoms with Gasteiger partial charge in [0.2, 0.25) is 0 Å². The van der Waals surface area contributed by atoms with Crippen LogP contribution in [-0.2, 0) is 4.74 Å². The molecule has 2 aromatic heterocycles. The van der Waals surface area contributed by atoms with Crippen molar-refractivity contribution < 1.29 is 27.5 Å². The molecule has 3 aromatic rings. The highest BCUT2D eigenvalue weighted by Crippen LogP contribution is 2.27. The minimum atomic E-state index is -1.61. The van der Waals surface area contributed by atoms with Gasteiger partial charge in [0.05, 0.1) is 12.3 Å². The molecule has 1 aromatic carbocycles. The Morgan fingerprint density at radius 3 is 2.57 bits per heavy atom. The summed E-state index contributed by atoms with van der Waals surface area (Å²) < 4.78 is 47.9. The highest BCUT2D eigenvalue weighted by Gasteiger charge is 2.27. The summed E-state index contributed by atoms with van der Waals surface area (Å²) in [7, 11) is 0. The fourth-order valence-corrected chi connectivity index (χ4v) is 2.27. The number of ether oxygens (including phenoxy) is 1. The van der Waals surface area contributed by atoms with Crippen molar-refractivity contribution in [3.8, 4) is 5.82 Å². The molecule has 0 aliphatic heterocycles. The first-order chi connectivity index (χ1) is 13.4. The van der Waals surface area contributed by atoms with Gasteiger partial charge >= 0.3 is 5.97 Å². The first-order valence-electron chi connectivity index (χ1n) is 7.90. The van der Waals surface area contributed by atoms with Gasteiger partial charge in [0, 0.05) is 18.5 Å². The summed E-state index contributed by atoms with van der Waals surface area (Å²) in [5.41, 5.74) is -2.19. The average Bonchev–Trinajstić information content (AvgIpc) is 3.21. The summed E-state index contributed by atoms with van der Waals surface area (Å²) >= 11 is 0. The van der Waals surface area contributed by atoms with Crippen molar-refractivity contribution in [2.75, 3.05) is 11.9 Å². The van der Waals surface area contributed by atoms with E-state index in [9.17, 15) is 22.8 Å². The van der Waals surface area contributed by atoms with Crippen LogP contribution in [0.25, 0.3) is 5.82 Å². The fourth-order valence-electron chi connectivity index (χ4n) is 2.27. The Labute approximate surface area is 156 Å². The molecular weight excluding hydrogens is 379 g/mol. The summed E-state index contributed by atoms with van der Waals surface area (Å²) in [6, 6.07) is 2.88. The van der Waals surface area contributed by atoms with E-state index in [1.165, 1.54) is 36.1 Å². The number of carbonyl (C=O) groups excluding carboxylic acids is 2. The van der Waals surface area contributed by atoms with E-state index in [0.29, 0.717) is 5.82 Å². The first-order valence-corrected chi connectivity index (χ1v) is 7.90. The van der Waals surface area contributed by atoms with E-state index in [1.54, 1.807) is 6.20 Å². The summed E-state index contributed by atoms with van der Waals surface area (Å²) in [6.07, 6.45) is 4.57. The third-order valence-corrected chi connectivity index (χ3v) is 3.54. The summed E-state index contributed by atoms with van der Waals surface area (Å²) in [5.74, 6) is -6.50. The van der Waals surface area contributed by atoms with E-state index < -0.39 is 40.6 Å². The molecule has 0 aliphatic carbocycles. The lowest BCUT2D eigenvalue weighted by atomic mass is 10.1. The molecule has 144 valence electrons. The molecule has 0 atom stereocenters. The number of esters is 1. The van der Waals surface area contributed by atoms with Crippen molar-refractivity contribution in [3.63, 3.8) is 0 Å². The zero-order chi connectivity index (χ0) is 20.3. The lowest BCUT2D eigenvalue weighted by Crippen LogP contribution is -2.20. The maximum Gasteiger partial charge on any atom is 0.343 e. The van der Waals surface area contributed by atoms with E-state index in [1.807, 2.05) is 5.32 Å². The number of anilines is 1. The van der Waals surface area contributed by atoms with Gasteiger partial charge in [-0.25, -0.2) is 22.9 Å². The summed E-state index contributed by atoms with van der Waals surface area (Å²) in [4.78, 5) is 28.1. The molecule has 11 heteroatoms. The number of aromatic nitrogens is 4. The standard InChI is InChI=1S/C17H12F3N5O3/c1-2-28-17(27)13-9(18)7-10(19)14(20)15(13)22-16(26)11-3-4-12(24-23-11)25-6-5-21-8-25/h3-8H,2H2,1H3,(H,22,26). The van der Waals surface area contributed by atoms with Crippen LogP contribution in [0.2, 0.25) is 0 Å². The second-order valence-electron chi connectivity index (χ2n) is 5.33. The highest BCUT2D eigenvalue weighted by atomic mass is 19.2. The van der Waals surface area contributed by atoms with E-state index >= 15 is 0 Å². The van der Waals surface area contributed by atoms with Gasteiger partial charge in [0.15, 0.2) is 23.1 Å². The van der Waals surface area contributed by atoms with Crippen LogP contribution in [-0.4, -0.2) is 38.2 Å². The van der Waals surface area contributed by atoms with Gasteiger partial charge in [-0.1, -0.05) is 0 Å². The summed E-state index contributed by atoms with van der Waals surface area (Å²) in [5, 5.41) is 9.44. The largest absolute Gasteiger partial charge is 0.462 e. The molecule has 0 saturated carbocycles. The van der Waals surface area contributed by atoms with Crippen molar-refractivity contribution in [3.05, 3.63) is 65.6 Å². The van der Waals surface area contributed by atoms with Crippen LogP contribution in [0.15, 0.2) is 36.9 Å². The van der Waals surface area contributed by atoms with Crippen LogP contribution in [0.3, 0.4) is 0 Å². The average molecular weight is 391 g/mol. The molecular formula is C17H12F3N5O3. The van der Waals surface area contributed by atoms with Crippen molar-refractivity contribution in [2.45, 2.75) is 6.92 Å². The number of hydrogen-bond donors (Lipinski definition) is 1. The van der Waals surface area contributed by atoms with E-state index in [4.69, 9.17) is 0 Å². The molecule has 2 heterocycles. The highest BCUT2D eigenvalue weighted by molar-refractivity contribution is 6.07. The molecule has 0 bridgehead atoms. The number of benzene rings is 1. The first kappa shape index (κ1) is 19.0. The SMILES string of the molecule is CCOC(=O)c1c(F)cc(F)c(F)c1NC(=O)c1ccc(-n2ccnc2)nn1. The Kier molecular flexibility index (Phi) is 5.34. The number of amides is 1. The van der Waals surface area contributed by atoms with Gasteiger partial charge in [-0.15, -0.1) is 10.2 Å². The van der Waals surface area contributed by atoms with E-state index in [2.05, 4.69) is 19.9 Å². The van der Waals surface area contributed by atoms with Crippen LogP contribution < -0.4 is 5.32 Å². The predicted molar refractivity (Wildman–Crippen MR) is 89.4 cm³/mol. The normalized spacial score (nSPS) is 10.6. The fraction of sp³-hybridized carbons (Fsp3) is 0.118. The third kappa shape index (κ3) is 3.68. The molecule has 1 amide bonds. The number of carbonyl (C=O) groups is 2. The molecule has 1 N–H and O–H groups in total. The molecule has 0 spiro atoms. The zero-order valence-electron chi connectivity index (χ0n) is 14.3. The lowest BCUT2D eigenvalue weighted by molar-refractivity contribution is 0.0521. The molecule has 0 unspecified atom stereocenters. The van der Waals surface area contributed by atoms with E-state index in [-0.39, 0.29) is 18.4 Å². The number of nitrogens with one attached hydrogen (secondary N) is 1. The van der Waals surface area contributed by atoms with Crippen LogP contribution in [0, 0.1) is 17.5 Å². The Bertz CT molecular complexity index is 1020. The molecule has 0 radical (unpaired) electrons. The smallest absolute Gasteiger partial charge is 0.343 e. The Morgan fingerprint density at radius 1 is 1.18 bits per heavy atom. The molecule has 28 heavy (non-hydrogen) atoms. The van der Waals surface area contributed by atoms with Crippen LogP contribution in [0.5, 0.6) is 0 Å². The van der Waals surface area contributed by atoms with Gasteiger partial charge in [0.1, 0.15) is 17.7 Å². The molecule has 0 saturated heterocycles. The summed E-state index contributed by atoms with van der Waals surface area (Å²) in [6.45, 7) is 1.32. The zero-order valence-corrected chi connectivity index (χ0v) is 14.3. The van der Waals surface area contributed by atoms with Gasteiger partial charge in [-0.2, -0.15) is 0 Å². The van der Waals surface area contributed by atoms with Gasteiger partial charge in [-0.3, -0.25) is 9.36 Å². The van der Waals surface area contributed by atoms with Crippen LogP contribution in [0.1, 0.15) is 27.8 Å². The minimum Gasteiger partial charge on any atom is -0.462 e. The second-order valence-corrected chi connectivity index (χ2v) is 5.33. The van der Waals surface area contributed by atoms with Crippen molar-refractivity contribution >= 4 is 17.6 Å². The maximum absolute atomic E-state index is 14.2. The number of halogens is 3. The second kappa shape index (κ2) is 7.86. The van der Waals surface area contributed by atoms with E-state index in [0.717, 1.165) is 0 Å². The van der Waals surface area contributed by atoms with Gasteiger partial charge in [-0.05, 0) is 19.1 Å². The molecule has 0 aliphatic rings.